The fourth-order valence-electron chi connectivity index (χ4n) is 7.51. The molecule has 1 aliphatic carbocycles. The number of benzene rings is 1. The number of carbonyl (C=O) groups is 3. The normalized spacial score (nSPS) is 24.6. The van der Waals surface area contributed by atoms with Crippen LogP contribution in [0.1, 0.15) is 83.0 Å². The van der Waals surface area contributed by atoms with Gasteiger partial charge < -0.3 is 24.5 Å². The van der Waals surface area contributed by atoms with Crippen molar-refractivity contribution in [2.75, 3.05) is 61.4 Å². The molecule has 2 unspecified atom stereocenters. The van der Waals surface area contributed by atoms with Crippen LogP contribution in [0.25, 0.3) is 0 Å². The number of fused-ring (bicyclic) bond motifs is 1. The summed E-state index contributed by atoms with van der Waals surface area (Å²) in [6.07, 6.45) is 1.03. The number of carbonyl (C=O) groups excluding carboxylic acids is 3. The molecule has 2 saturated heterocycles. The summed E-state index contributed by atoms with van der Waals surface area (Å²) in [5.41, 5.74) is 1.05. The molecule has 3 fully saturated rings. The number of nitrogens with zero attached hydrogens (tertiary/aromatic N) is 6. The Morgan fingerprint density at radius 2 is 1.80 bits per heavy atom. The monoisotopic (exact) mass is 710 g/mol. The van der Waals surface area contributed by atoms with Crippen molar-refractivity contribution in [1.82, 2.24) is 24.9 Å². The van der Waals surface area contributed by atoms with Crippen LogP contribution in [-0.4, -0.2) is 107 Å². The van der Waals surface area contributed by atoms with Crippen LogP contribution in [0.15, 0.2) is 24.4 Å². The molecular weight excluding hydrogens is 662 g/mol. The van der Waals surface area contributed by atoms with Crippen LogP contribution in [-0.2, 0) is 14.3 Å². The zero-order valence-corrected chi connectivity index (χ0v) is 29.7. The number of ether oxygens (including phenoxy) is 1. The van der Waals surface area contributed by atoms with Crippen LogP contribution in [0, 0.1) is 17.8 Å². The van der Waals surface area contributed by atoms with Crippen LogP contribution in [0.5, 0.6) is 0 Å². The number of piperidine rings is 1. The molecule has 1 aromatic heterocycles. The molecule has 13 nitrogen and oxygen atoms in total. The minimum absolute atomic E-state index is 0.00207. The number of piperazine rings is 1. The third-order valence-electron chi connectivity index (χ3n) is 10.1. The number of hydrogen-bond acceptors (Lipinski definition) is 10. The molecular formula is C36H48F2N8O5. The molecule has 6 rings (SSSR count). The van der Waals surface area contributed by atoms with Crippen molar-refractivity contribution in [3.8, 4) is 11.8 Å². The molecule has 4 aliphatic rings. The third kappa shape index (κ3) is 8.45. The van der Waals surface area contributed by atoms with E-state index in [2.05, 4.69) is 37.4 Å². The Labute approximate surface area is 297 Å². The maximum atomic E-state index is 13.7. The molecule has 3 amide bonds. The first-order chi connectivity index (χ1) is 24.3. The smallest absolute Gasteiger partial charge is 0.412 e. The van der Waals surface area contributed by atoms with Gasteiger partial charge in [0.05, 0.1) is 35.2 Å². The van der Waals surface area contributed by atoms with E-state index in [1.54, 1.807) is 42.3 Å². The second kappa shape index (κ2) is 15.1. The topological polar surface area (TPSA) is 136 Å². The van der Waals surface area contributed by atoms with E-state index in [0.717, 1.165) is 75.3 Å². The van der Waals surface area contributed by atoms with Gasteiger partial charge in [0.1, 0.15) is 11.6 Å². The number of nitrogens with one attached hydrogen (secondary N) is 2. The fraction of sp³-hybridized carbons (Fsp3) is 0.611. The number of imide groups is 1. The molecule has 1 aromatic carbocycles. The quantitative estimate of drug-likeness (QED) is 0.287. The van der Waals surface area contributed by atoms with E-state index < -0.39 is 42.1 Å². The average molecular weight is 711 g/mol. The maximum absolute atomic E-state index is 13.7. The molecule has 276 valence electrons. The van der Waals surface area contributed by atoms with Crippen LogP contribution in [0.3, 0.4) is 0 Å². The first kappa shape index (κ1) is 36.5. The van der Waals surface area contributed by atoms with Crippen LogP contribution < -0.4 is 20.4 Å². The molecule has 0 radical (unpaired) electrons. The van der Waals surface area contributed by atoms with E-state index in [9.17, 15) is 28.3 Å². The highest BCUT2D eigenvalue weighted by Crippen LogP contribution is 2.42. The molecule has 0 bridgehead atoms. The molecule has 1 saturated carbocycles. The van der Waals surface area contributed by atoms with Crippen molar-refractivity contribution < 1.29 is 33.0 Å². The maximum Gasteiger partial charge on any atom is 0.412 e. The predicted octanol–water partition coefficient (Wildman–Crippen LogP) is 3.91. The van der Waals surface area contributed by atoms with Gasteiger partial charge in [-0.2, -0.15) is 5.10 Å². The fourth-order valence-corrected chi connectivity index (χ4v) is 7.51. The highest BCUT2D eigenvalue weighted by Gasteiger charge is 2.42. The van der Waals surface area contributed by atoms with Crippen molar-refractivity contribution in [2.45, 2.75) is 89.8 Å². The summed E-state index contributed by atoms with van der Waals surface area (Å²) in [5, 5.41) is 20.0. The van der Waals surface area contributed by atoms with Gasteiger partial charge in [0.15, 0.2) is 5.69 Å². The minimum atomic E-state index is -2.82. The lowest BCUT2D eigenvalue weighted by Crippen LogP contribution is -2.56. The molecule has 3 N–H and O–H groups in total. The summed E-state index contributed by atoms with van der Waals surface area (Å²) in [6.45, 7) is 10.4. The Kier molecular flexibility index (Phi) is 10.9. The lowest BCUT2D eigenvalue weighted by Gasteiger charge is -2.37. The van der Waals surface area contributed by atoms with E-state index in [0.29, 0.717) is 18.9 Å². The van der Waals surface area contributed by atoms with Crippen LogP contribution in [0.4, 0.5) is 30.6 Å². The van der Waals surface area contributed by atoms with Gasteiger partial charge in [-0.25, -0.2) is 13.6 Å². The largest absolute Gasteiger partial charge is 0.444 e. The van der Waals surface area contributed by atoms with Gasteiger partial charge in [-0.1, -0.05) is 17.9 Å². The lowest BCUT2D eigenvalue weighted by molar-refractivity contribution is -0.134. The van der Waals surface area contributed by atoms with E-state index in [4.69, 9.17) is 4.74 Å². The second-order valence-corrected chi connectivity index (χ2v) is 14.9. The number of para-hydroxylation sites is 1. The van der Waals surface area contributed by atoms with Gasteiger partial charge in [0.25, 0.3) is 6.43 Å². The SMILES string of the molecule is CN1c2c(C#CCN3CCN(CC4CCC(n5cc(NC(=O)OC(C)(C)C)c(C(F)F)n5)CC4)CC3)cccc2N(C2CCC(=O)NC2=O)C1O. The molecule has 0 spiro atoms. The van der Waals surface area contributed by atoms with Gasteiger partial charge in [0.2, 0.25) is 18.2 Å². The van der Waals surface area contributed by atoms with Gasteiger partial charge in [-0.15, -0.1) is 0 Å². The van der Waals surface area contributed by atoms with Crippen molar-refractivity contribution >= 4 is 35.0 Å². The molecule has 3 aliphatic heterocycles. The molecule has 15 heteroatoms. The van der Waals surface area contributed by atoms with Gasteiger partial charge in [-0.05, 0) is 70.9 Å². The third-order valence-corrected chi connectivity index (χ3v) is 10.1. The van der Waals surface area contributed by atoms with Gasteiger partial charge >= 0.3 is 6.09 Å². The Bertz CT molecular complexity index is 1670. The number of aliphatic hydroxyl groups is 1. The Morgan fingerprint density at radius 1 is 1.10 bits per heavy atom. The highest BCUT2D eigenvalue weighted by atomic mass is 19.3. The molecule has 4 heterocycles. The number of halogens is 2. The first-order valence-electron chi connectivity index (χ1n) is 17.7. The average Bonchev–Trinajstić information content (AvgIpc) is 3.60. The number of anilines is 3. The Balaban J connectivity index is 0.972. The molecule has 51 heavy (non-hydrogen) atoms. The molecule has 2 aromatic rings. The Morgan fingerprint density at radius 3 is 2.47 bits per heavy atom. The summed E-state index contributed by atoms with van der Waals surface area (Å²) in [7, 11) is 1.77. The zero-order valence-electron chi connectivity index (χ0n) is 29.7. The van der Waals surface area contributed by atoms with Gasteiger partial charge in [-0.3, -0.25) is 29.8 Å². The van der Waals surface area contributed by atoms with Crippen molar-refractivity contribution in [2.24, 2.45) is 5.92 Å². The summed E-state index contributed by atoms with van der Waals surface area (Å²) in [5.74, 6) is 6.43. The number of aromatic nitrogens is 2. The van der Waals surface area contributed by atoms with Crippen LogP contribution in [0.2, 0.25) is 0 Å². The summed E-state index contributed by atoms with van der Waals surface area (Å²) in [6, 6.07) is 5.01. The van der Waals surface area contributed by atoms with E-state index in [1.807, 2.05) is 18.2 Å². The highest BCUT2D eigenvalue weighted by molar-refractivity contribution is 6.02. The number of aliphatic hydroxyl groups excluding tert-OH is 1. The van der Waals surface area contributed by atoms with Crippen molar-refractivity contribution in [3.05, 3.63) is 35.7 Å². The lowest BCUT2D eigenvalue weighted by atomic mass is 9.85. The number of alkyl halides is 2. The number of hydrogen-bond donors (Lipinski definition) is 3. The van der Waals surface area contributed by atoms with E-state index in [-0.39, 0.29) is 24.1 Å². The standard InChI is InChI=1S/C36H48F2N8O5/c1-36(2,3)51-34(49)39-26-22-45(41-30(26)32(37)38)25-12-10-23(11-13-25)21-44-19-17-43(18-20-44)16-6-8-24-7-5-9-27-31(24)42(4)35(50)46(27)28-14-15-29(47)40-33(28)48/h5,7,9,22-23,25,28,32,35,50H,10-21H2,1-4H3,(H,39,49)(H,40,47,48). The second-order valence-electron chi connectivity index (χ2n) is 14.9. The number of amides is 3. The number of rotatable bonds is 7. The van der Waals surface area contributed by atoms with Crippen LogP contribution >= 0.6 is 0 Å². The minimum Gasteiger partial charge on any atom is -0.444 e. The van der Waals surface area contributed by atoms with Crippen molar-refractivity contribution in [1.29, 1.82) is 0 Å². The zero-order chi connectivity index (χ0) is 36.4. The molecule has 2 atom stereocenters. The van der Waals surface area contributed by atoms with E-state index in [1.165, 1.54) is 6.20 Å². The summed E-state index contributed by atoms with van der Waals surface area (Å²) < 4.78 is 34.3. The van der Waals surface area contributed by atoms with Gasteiger partial charge in [0, 0.05) is 52.4 Å². The summed E-state index contributed by atoms with van der Waals surface area (Å²) in [4.78, 5) is 44.7. The predicted molar refractivity (Wildman–Crippen MR) is 187 cm³/mol. The first-order valence-corrected chi connectivity index (χ1v) is 17.7. The summed E-state index contributed by atoms with van der Waals surface area (Å²) >= 11 is 0. The Hall–Kier alpha value is -4.26. The van der Waals surface area contributed by atoms with Crippen molar-refractivity contribution in [3.63, 3.8) is 0 Å². The van der Waals surface area contributed by atoms with E-state index >= 15 is 0 Å².